The third kappa shape index (κ3) is 5.73. The molecule has 2 aromatic rings. The highest BCUT2D eigenvalue weighted by atomic mass is 16.3. The molecule has 0 aliphatic carbocycles. The van der Waals surface area contributed by atoms with E-state index in [4.69, 9.17) is 0 Å². The Kier molecular flexibility index (Phi) is 7.90. The van der Waals surface area contributed by atoms with Crippen molar-refractivity contribution in [3.8, 4) is 11.5 Å². The Bertz CT molecular complexity index is 706. The minimum absolute atomic E-state index is 0.311. The summed E-state index contributed by atoms with van der Waals surface area (Å²) in [7, 11) is 4.15. The van der Waals surface area contributed by atoms with E-state index in [0.29, 0.717) is 36.4 Å². The molecule has 0 aliphatic heterocycles. The standard InChI is InChI=1S/C24H36N2O2/c1-17(2)21-11-7-9-19(23(21)27)15-25(5)13-14-26(6)16-20-10-8-12-22(18(3)4)24(20)28/h7-12,17-18,27-28H,13-16H2,1-6H3. The molecular weight excluding hydrogens is 348 g/mol. The zero-order valence-corrected chi connectivity index (χ0v) is 18.2. The Morgan fingerprint density at radius 1 is 0.679 bits per heavy atom. The van der Waals surface area contributed by atoms with E-state index in [1.807, 2.05) is 36.4 Å². The second-order valence-corrected chi connectivity index (χ2v) is 8.49. The lowest BCUT2D eigenvalue weighted by molar-refractivity contribution is 0.243. The summed E-state index contributed by atoms with van der Waals surface area (Å²) in [6.45, 7) is 11.6. The van der Waals surface area contributed by atoms with Gasteiger partial charge in [0.15, 0.2) is 0 Å². The summed E-state index contributed by atoms with van der Waals surface area (Å²) in [5, 5.41) is 21.0. The first-order valence-corrected chi connectivity index (χ1v) is 10.2. The number of rotatable bonds is 9. The number of hydrogen-bond donors (Lipinski definition) is 2. The summed E-state index contributed by atoms with van der Waals surface area (Å²) in [5.41, 5.74) is 3.95. The maximum Gasteiger partial charge on any atom is 0.123 e. The summed E-state index contributed by atoms with van der Waals surface area (Å²) in [4.78, 5) is 4.44. The Hall–Kier alpha value is -2.04. The van der Waals surface area contributed by atoms with Crippen LogP contribution in [0, 0.1) is 0 Å². The van der Waals surface area contributed by atoms with E-state index in [-0.39, 0.29) is 0 Å². The van der Waals surface area contributed by atoms with E-state index < -0.39 is 0 Å². The van der Waals surface area contributed by atoms with Gasteiger partial charge in [-0.25, -0.2) is 0 Å². The Balaban J connectivity index is 1.92. The molecule has 0 spiro atoms. The molecule has 0 radical (unpaired) electrons. The first-order chi connectivity index (χ1) is 13.2. The van der Waals surface area contributed by atoms with Gasteiger partial charge in [0.2, 0.25) is 0 Å². The SMILES string of the molecule is CC(C)c1cccc(CN(C)CCN(C)Cc2cccc(C(C)C)c2O)c1O. The van der Waals surface area contributed by atoms with Gasteiger partial charge >= 0.3 is 0 Å². The average molecular weight is 385 g/mol. The summed E-state index contributed by atoms with van der Waals surface area (Å²) >= 11 is 0. The van der Waals surface area contributed by atoms with Crippen molar-refractivity contribution >= 4 is 0 Å². The zero-order chi connectivity index (χ0) is 20.8. The van der Waals surface area contributed by atoms with Gasteiger partial charge in [-0.15, -0.1) is 0 Å². The monoisotopic (exact) mass is 384 g/mol. The summed E-state index contributed by atoms with van der Waals surface area (Å²) in [5.74, 6) is 1.47. The fourth-order valence-electron chi connectivity index (χ4n) is 3.49. The molecular formula is C24H36N2O2. The van der Waals surface area contributed by atoms with Crippen LogP contribution >= 0.6 is 0 Å². The van der Waals surface area contributed by atoms with E-state index in [9.17, 15) is 10.2 Å². The zero-order valence-electron chi connectivity index (χ0n) is 18.2. The average Bonchev–Trinajstić information content (AvgIpc) is 2.63. The van der Waals surface area contributed by atoms with Crippen LogP contribution in [0.3, 0.4) is 0 Å². The number of aromatic hydroxyl groups is 2. The molecule has 28 heavy (non-hydrogen) atoms. The molecule has 0 fully saturated rings. The molecule has 0 amide bonds. The quantitative estimate of drug-likeness (QED) is 0.645. The van der Waals surface area contributed by atoms with Crippen molar-refractivity contribution in [2.24, 2.45) is 0 Å². The Labute approximate surface area is 170 Å². The molecule has 0 aromatic heterocycles. The highest BCUT2D eigenvalue weighted by Crippen LogP contribution is 2.30. The minimum atomic E-state index is 0.311. The Morgan fingerprint density at radius 3 is 1.36 bits per heavy atom. The smallest absolute Gasteiger partial charge is 0.123 e. The van der Waals surface area contributed by atoms with Crippen LogP contribution in [0.2, 0.25) is 0 Å². The number of nitrogens with zero attached hydrogens (tertiary/aromatic N) is 2. The van der Waals surface area contributed by atoms with Crippen LogP contribution in [0.4, 0.5) is 0 Å². The van der Waals surface area contributed by atoms with Crippen molar-refractivity contribution in [3.63, 3.8) is 0 Å². The molecule has 154 valence electrons. The molecule has 2 rings (SSSR count). The maximum atomic E-state index is 10.5. The topological polar surface area (TPSA) is 46.9 Å². The molecule has 0 heterocycles. The van der Waals surface area contributed by atoms with Gasteiger partial charge in [0.1, 0.15) is 11.5 Å². The summed E-state index contributed by atoms with van der Waals surface area (Å²) < 4.78 is 0. The minimum Gasteiger partial charge on any atom is -0.507 e. The van der Waals surface area contributed by atoms with Gasteiger partial charge in [0, 0.05) is 37.3 Å². The lowest BCUT2D eigenvalue weighted by atomic mass is 9.99. The van der Waals surface area contributed by atoms with Gasteiger partial charge in [0.05, 0.1) is 0 Å². The summed E-state index contributed by atoms with van der Waals surface area (Å²) in [6.07, 6.45) is 0. The first kappa shape index (κ1) is 22.3. The maximum absolute atomic E-state index is 10.5. The molecule has 0 aliphatic rings. The predicted molar refractivity (Wildman–Crippen MR) is 117 cm³/mol. The highest BCUT2D eigenvalue weighted by Gasteiger charge is 2.14. The van der Waals surface area contributed by atoms with Crippen LogP contribution in [-0.4, -0.2) is 47.2 Å². The van der Waals surface area contributed by atoms with E-state index in [0.717, 1.165) is 35.3 Å². The lowest BCUT2D eigenvalue weighted by Gasteiger charge is -2.24. The van der Waals surface area contributed by atoms with E-state index in [2.05, 4.69) is 51.6 Å². The van der Waals surface area contributed by atoms with Gasteiger partial charge in [0.25, 0.3) is 0 Å². The van der Waals surface area contributed by atoms with E-state index >= 15 is 0 Å². The molecule has 4 heteroatoms. The predicted octanol–water partition coefficient (Wildman–Crippen LogP) is 4.91. The number of likely N-dealkylation sites (N-methyl/N-ethyl adjacent to an activating group) is 2. The van der Waals surface area contributed by atoms with Crippen LogP contribution < -0.4 is 0 Å². The number of phenolic OH excluding ortho intramolecular Hbond substituents is 2. The first-order valence-electron chi connectivity index (χ1n) is 10.2. The van der Waals surface area contributed by atoms with Crippen molar-refractivity contribution in [2.75, 3.05) is 27.2 Å². The second kappa shape index (κ2) is 9.94. The van der Waals surface area contributed by atoms with Gasteiger partial charge in [-0.2, -0.15) is 0 Å². The normalized spacial score (nSPS) is 11.9. The van der Waals surface area contributed by atoms with Crippen LogP contribution in [-0.2, 0) is 13.1 Å². The molecule has 4 nitrogen and oxygen atoms in total. The van der Waals surface area contributed by atoms with Crippen molar-refractivity contribution in [1.82, 2.24) is 9.80 Å². The fourth-order valence-corrected chi connectivity index (χ4v) is 3.49. The lowest BCUT2D eigenvalue weighted by Crippen LogP contribution is -2.30. The molecule has 0 atom stereocenters. The van der Waals surface area contributed by atoms with E-state index in [1.165, 1.54) is 0 Å². The van der Waals surface area contributed by atoms with Crippen LogP contribution in [0.15, 0.2) is 36.4 Å². The van der Waals surface area contributed by atoms with Crippen LogP contribution in [0.1, 0.15) is 61.8 Å². The van der Waals surface area contributed by atoms with Crippen molar-refractivity contribution in [1.29, 1.82) is 0 Å². The van der Waals surface area contributed by atoms with Gasteiger partial charge < -0.3 is 20.0 Å². The fraction of sp³-hybridized carbons (Fsp3) is 0.500. The molecule has 0 saturated carbocycles. The molecule has 0 bridgehead atoms. The second-order valence-electron chi connectivity index (χ2n) is 8.49. The molecule has 0 unspecified atom stereocenters. The molecule has 0 saturated heterocycles. The Morgan fingerprint density at radius 2 is 1.04 bits per heavy atom. The van der Waals surface area contributed by atoms with Gasteiger partial charge in [-0.05, 0) is 37.1 Å². The van der Waals surface area contributed by atoms with Gasteiger partial charge in [-0.1, -0.05) is 64.1 Å². The third-order valence-electron chi connectivity index (χ3n) is 5.29. The number of para-hydroxylation sites is 2. The summed E-state index contributed by atoms with van der Waals surface area (Å²) in [6, 6.07) is 12.0. The number of benzene rings is 2. The highest BCUT2D eigenvalue weighted by molar-refractivity contribution is 5.42. The van der Waals surface area contributed by atoms with Crippen LogP contribution in [0.5, 0.6) is 11.5 Å². The van der Waals surface area contributed by atoms with Gasteiger partial charge in [-0.3, -0.25) is 0 Å². The van der Waals surface area contributed by atoms with Crippen molar-refractivity contribution < 1.29 is 10.2 Å². The number of hydrogen-bond acceptors (Lipinski definition) is 4. The van der Waals surface area contributed by atoms with E-state index in [1.54, 1.807) is 0 Å². The number of phenols is 2. The van der Waals surface area contributed by atoms with Crippen molar-refractivity contribution in [3.05, 3.63) is 58.7 Å². The molecule has 2 aromatic carbocycles. The third-order valence-corrected chi connectivity index (χ3v) is 5.29. The molecule has 2 N–H and O–H groups in total. The largest absolute Gasteiger partial charge is 0.507 e. The van der Waals surface area contributed by atoms with Crippen molar-refractivity contribution in [2.45, 2.75) is 52.6 Å². The van der Waals surface area contributed by atoms with Crippen LogP contribution in [0.25, 0.3) is 0 Å².